The van der Waals surface area contributed by atoms with Crippen molar-refractivity contribution in [2.45, 2.75) is 11.6 Å². The third-order valence-corrected chi connectivity index (χ3v) is 4.04. The number of rotatable bonds is 6. The van der Waals surface area contributed by atoms with Gasteiger partial charge in [0.1, 0.15) is 5.82 Å². The number of furan rings is 1. The Labute approximate surface area is 141 Å². The second-order valence-corrected chi connectivity index (χ2v) is 5.87. The SMILES string of the molecule is Nn1c(SCCC(=O)Nc2ccc(F)cc2)nnc1-c1ccco1. The predicted octanol–water partition coefficient (Wildman–Crippen LogP) is 2.51. The van der Waals surface area contributed by atoms with Crippen molar-refractivity contribution in [3.63, 3.8) is 0 Å². The van der Waals surface area contributed by atoms with Crippen LogP contribution in [0, 0.1) is 5.82 Å². The molecule has 0 aliphatic carbocycles. The molecule has 3 N–H and O–H groups in total. The number of hydrogen-bond acceptors (Lipinski definition) is 6. The number of nitrogens with zero attached hydrogens (tertiary/aromatic N) is 3. The molecule has 9 heteroatoms. The van der Waals surface area contributed by atoms with E-state index in [0.29, 0.717) is 28.2 Å². The van der Waals surface area contributed by atoms with E-state index < -0.39 is 0 Å². The molecule has 0 radical (unpaired) electrons. The molecule has 7 nitrogen and oxygen atoms in total. The lowest BCUT2D eigenvalue weighted by molar-refractivity contribution is -0.115. The molecule has 0 spiro atoms. The van der Waals surface area contributed by atoms with Gasteiger partial charge in [0, 0.05) is 17.9 Å². The van der Waals surface area contributed by atoms with Crippen molar-refractivity contribution < 1.29 is 13.6 Å². The van der Waals surface area contributed by atoms with E-state index in [1.807, 2.05) is 0 Å². The summed E-state index contributed by atoms with van der Waals surface area (Å²) in [6.45, 7) is 0. The van der Waals surface area contributed by atoms with E-state index >= 15 is 0 Å². The second kappa shape index (κ2) is 7.18. The number of amides is 1. The molecule has 0 bridgehead atoms. The number of aromatic nitrogens is 3. The first-order valence-corrected chi connectivity index (χ1v) is 8.04. The van der Waals surface area contributed by atoms with Crippen molar-refractivity contribution in [3.05, 3.63) is 48.5 Å². The van der Waals surface area contributed by atoms with Crippen molar-refractivity contribution >= 4 is 23.4 Å². The third-order valence-electron chi connectivity index (χ3n) is 3.09. The summed E-state index contributed by atoms with van der Waals surface area (Å²) in [6.07, 6.45) is 1.78. The molecule has 2 heterocycles. The Hall–Kier alpha value is -2.81. The molecule has 0 unspecified atom stereocenters. The topological polar surface area (TPSA) is 99.0 Å². The monoisotopic (exact) mass is 347 g/mol. The normalized spacial score (nSPS) is 10.7. The third kappa shape index (κ3) is 3.74. The van der Waals surface area contributed by atoms with Crippen LogP contribution in [0.4, 0.5) is 10.1 Å². The van der Waals surface area contributed by atoms with E-state index in [0.717, 1.165) is 0 Å². The number of nitrogens with two attached hydrogens (primary N) is 1. The largest absolute Gasteiger partial charge is 0.461 e. The van der Waals surface area contributed by atoms with Gasteiger partial charge >= 0.3 is 0 Å². The summed E-state index contributed by atoms with van der Waals surface area (Å²) in [6, 6.07) is 9.06. The number of anilines is 1. The standard InChI is InChI=1S/C15H14FN5O2S/c16-10-3-5-11(6-4-10)18-13(22)7-9-24-15-20-19-14(21(15)17)12-2-1-8-23-12/h1-6,8H,7,9,17H2,(H,18,22). The number of nitrogens with one attached hydrogen (secondary N) is 1. The van der Waals surface area contributed by atoms with Crippen LogP contribution in [0.1, 0.15) is 6.42 Å². The van der Waals surface area contributed by atoms with Crippen molar-refractivity contribution in [1.82, 2.24) is 14.9 Å². The quantitative estimate of drug-likeness (QED) is 0.525. The zero-order valence-electron chi connectivity index (χ0n) is 12.5. The van der Waals surface area contributed by atoms with Crippen LogP contribution in [-0.4, -0.2) is 26.5 Å². The molecule has 124 valence electrons. The van der Waals surface area contributed by atoms with Gasteiger partial charge in [0.05, 0.1) is 6.26 Å². The molecule has 0 saturated heterocycles. The van der Waals surface area contributed by atoms with Gasteiger partial charge in [-0.25, -0.2) is 9.07 Å². The summed E-state index contributed by atoms with van der Waals surface area (Å²) in [7, 11) is 0. The highest BCUT2D eigenvalue weighted by atomic mass is 32.2. The number of halogens is 1. The van der Waals surface area contributed by atoms with Gasteiger partial charge in [-0.15, -0.1) is 10.2 Å². The summed E-state index contributed by atoms with van der Waals surface area (Å²) in [5, 5.41) is 11.1. The Bertz CT molecular complexity index is 817. The molecule has 3 rings (SSSR count). The molecule has 24 heavy (non-hydrogen) atoms. The van der Waals surface area contributed by atoms with Crippen LogP contribution < -0.4 is 11.2 Å². The lowest BCUT2D eigenvalue weighted by Crippen LogP contribution is -2.14. The van der Waals surface area contributed by atoms with E-state index in [2.05, 4.69) is 15.5 Å². The molecule has 0 aliphatic rings. The molecule has 0 aliphatic heterocycles. The Kier molecular flexibility index (Phi) is 4.80. The van der Waals surface area contributed by atoms with Gasteiger partial charge in [0.2, 0.25) is 16.9 Å². The van der Waals surface area contributed by atoms with Gasteiger partial charge < -0.3 is 15.6 Å². The Balaban J connectivity index is 1.51. The molecule has 0 saturated carbocycles. The second-order valence-electron chi connectivity index (χ2n) is 4.81. The minimum Gasteiger partial charge on any atom is -0.461 e. The average Bonchev–Trinajstić information content (AvgIpc) is 3.20. The van der Waals surface area contributed by atoms with Crippen LogP contribution in [0.5, 0.6) is 0 Å². The van der Waals surface area contributed by atoms with E-state index in [-0.39, 0.29) is 18.1 Å². The fraction of sp³-hybridized carbons (Fsp3) is 0.133. The number of thioether (sulfide) groups is 1. The van der Waals surface area contributed by atoms with Gasteiger partial charge in [0.15, 0.2) is 5.76 Å². The summed E-state index contributed by atoms with van der Waals surface area (Å²) < 4.78 is 19.4. The first-order chi connectivity index (χ1) is 11.6. The maximum atomic E-state index is 12.8. The van der Waals surface area contributed by atoms with Crippen LogP contribution in [0.25, 0.3) is 11.6 Å². The van der Waals surface area contributed by atoms with Crippen molar-refractivity contribution in [3.8, 4) is 11.6 Å². The zero-order chi connectivity index (χ0) is 16.9. The summed E-state index contributed by atoms with van der Waals surface area (Å²) in [5.41, 5.74) is 0.550. The number of benzene rings is 1. The molecule has 1 amide bonds. The minimum atomic E-state index is -0.349. The van der Waals surface area contributed by atoms with Crippen molar-refractivity contribution in [2.24, 2.45) is 0 Å². The zero-order valence-corrected chi connectivity index (χ0v) is 13.3. The summed E-state index contributed by atoms with van der Waals surface area (Å²) in [5.74, 6) is 6.80. The molecular formula is C15H14FN5O2S. The molecule has 1 aromatic carbocycles. The van der Waals surface area contributed by atoms with Gasteiger partial charge in [0.25, 0.3) is 0 Å². The summed E-state index contributed by atoms with van der Waals surface area (Å²) in [4.78, 5) is 11.9. The number of hydrogen-bond donors (Lipinski definition) is 2. The minimum absolute atomic E-state index is 0.177. The van der Waals surface area contributed by atoms with Crippen LogP contribution in [0.15, 0.2) is 52.2 Å². The summed E-state index contributed by atoms with van der Waals surface area (Å²) >= 11 is 1.31. The fourth-order valence-corrected chi connectivity index (χ4v) is 2.74. The Morgan fingerprint density at radius 2 is 2.08 bits per heavy atom. The maximum absolute atomic E-state index is 12.8. The molecular weight excluding hydrogens is 333 g/mol. The Morgan fingerprint density at radius 1 is 1.29 bits per heavy atom. The lowest BCUT2D eigenvalue weighted by atomic mass is 10.3. The number of carbonyl (C=O) groups is 1. The highest BCUT2D eigenvalue weighted by Crippen LogP contribution is 2.22. The van der Waals surface area contributed by atoms with Gasteiger partial charge in [-0.3, -0.25) is 4.79 Å². The Morgan fingerprint density at radius 3 is 2.79 bits per heavy atom. The van der Waals surface area contributed by atoms with Gasteiger partial charge in [-0.05, 0) is 36.4 Å². The first-order valence-electron chi connectivity index (χ1n) is 7.06. The smallest absolute Gasteiger partial charge is 0.225 e. The van der Waals surface area contributed by atoms with E-state index in [1.54, 1.807) is 12.1 Å². The van der Waals surface area contributed by atoms with Crippen LogP contribution in [0.3, 0.4) is 0 Å². The molecule has 0 atom stereocenters. The molecule has 3 aromatic rings. The predicted molar refractivity (Wildman–Crippen MR) is 88.2 cm³/mol. The maximum Gasteiger partial charge on any atom is 0.225 e. The lowest BCUT2D eigenvalue weighted by Gasteiger charge is -2.05. The van der Waals surface area contributed by atoms with E-state index in [4.69, 9.17) is 10.3 Å². The molecule has 2 aromatic heterocycles. The average molecular weight is 347 g/mol. The van der Waals surface area contributed by atoms with Crippen LogP contribution >= 0.6 is 11.8 Å². The molecule has 0 fully saturated rings. The van der Waals surface area contributed by atoms with Crippen LogP contribution in [0.2, 0.25) is 0 Å². The van der Waals surface area contributed by atoms with Gasteiger partial charge in [-0.1, -0.05) is 11.8 Å². The fourth-order valence-electron chi connectivity index (χ4n) is 1.94. The van der Waals surface area contributed by atoms with Gasteiger partial charge in [-0.2, -0.15) is 0 Å². The van der Waals surface area contributed by atoms with Crippen LogP contribution in [-0.2, 0) is 4.79 Å². The highest BCUT2D eigenvalue weighted by molar-refractivity contribution is 7.99. The van der Waals surface area contributed by atoms with Crippen molar-refractivity contribution in [1.29, 1.82) is 0 Å². The highest BCUT2D eigenvalue weighted by Gasteiger charge is 2.14. The number of carbonyl (C=O) groups excluding carboxylic acids is 1. The van der Waals surface area contributed by atoms with Crippen molar-refractivity contribution in [2.75, 3.05) is 16.9 Å². The van der Waals surface area contributed by atoms with E-state index in [1.165, 1.54) is 47.0 Å². The van der Waals surface area contributed by atoms with E-state index in [9.17, 15) is 9.18 Å². The first kappa shape index (κ1) is 16.1. The number of nitrogen functional groups attached to an aromatic ring is 1.